The van der Waals surface area contributed by atoms with Crippen LogP contribution in [0.4, 0.5) is 5.69 Å². The highest BCUT2D eigenvalue weighted by molar-refractivity contribution is 5.95. The molecule has 0 saturated carbocycles. The number of amides is 1. The third kappa shape index (κ3) is 4.84. The van der Waals surface area contributed by atoms with Gasteiger partial charge in [-0.2, -0.15) is 0 Å². The number of carbonyl (C=O) groups is 1. The number of methoxy groups -OCH3 is 1. The monoisotopic (exact) mass is 354 g/mol. The summed E-state index contributed by atoms with van der Waals surface area (Å²) in [6, 6.07) is 16.1. The fourth-order valence-corrected chi connectivity index (χ4v) is 3.19. The van der Waals surface area contributed by atoms with E-state index in [0.29, 0.717) is 26.3 Å². The zero-order valence-electron chi connectivity index (χ0n) is 15.2. The fraction of sp³-hybridized carbons (Fsp3) is 0.381. The summed E-state index contributed by atoms with van der Waals surface area (Å²) in [5.74, 6) is 0.933. The van der Waals surface area contributed by atoms with E-state index in [1.165, 1.54) is 5.56 Å². The van der Waals surface area contributed by atoms with Gasteiger partial charge in [0.15, 0.2) is 0 Å². The Labute approximate surface area is 154 Å². The van der Waals surface area contributed by atoms with Gasteiger partial charge in [-0.3, -0.25) is 4.79 Å². The van der Waals surface area contributed by atoms with Crippen molar-refractivity contribution in [1.29, 1.82) is 0 Å². The molecule has 0 radical (unpaired) electrons. The summed E-state index contributed by atoms with van der Waals surface area (Å²) in [6.45, 7) is 2.83. The number of hydrogen-bond acceptors (Lipinski definition) is 4. The average molecular weight is 354 g/mol. The highest BCUT2D eigenvalue weighted by Crippen LogP contribution is 2.26. The van der Waals surface area contributed by atoms with Crippen LogP contribution in [0.1, 0.15) is 17.5 Å². The minimum absolute atomic E-state index is 0.115. The van der Waals surface area contributed by atoms with Crippen LogP contribution in [0.3, 0.4) is 0 Å². The van der Waals surface area contributed by atoms with Crippen molar-refractivity contribution < 1.29 is 14.3 Å². The zero-order chi connectivity index (χ0) is 18.2. The summed E-state index contributed by atoms with van der Waals surface area (Å²) in [5.41, 5.74) is 3.40. The first kappa shape index (κ1) is 18.4. The van der Waals surface area contributed by atoms with Crippen molar-refractivity contribution in [2.75, 3.05) is 38.3 Å². The van der Waals surface area contributed by atoms with Crippen molar-refractivity contribution in [2.45, 2.75) is 19.4 Å². The van der Waals surface area contributed by atoms with Crippen molar-refractivity contribution in [1.82, 2.24) is 5.32 Å². The van der Waals surface area contributed by atoms with Crippen LogP contribution >= 0.6 is 0 Å². The Kier molecular flexibility index (Phi) is 6.63. The second kappa shape index (κ2) is 9.36. The minimum atomic E-state index is 0.115. The Morgan fingerprint density at radius 2 is 2.04 bits per heavy atom. The molecular formula is C21H26N2O3. The molecule has 0 bridgehead atoms. The van der Waals surface area contributed by atoms with Crippen molar-refractivity contribution in [2.24, 2.45) is 0 Å². The molecule has 1 N–H and O–H groups in total. The number of nitrogens with zero attached hydrogens (tertiary/aromatic N) is 1. The molecule has 5 heteroatoms. The quantitative estimate of drug-likeness (QED) is 0.741. The summed E-state index contributed by atoms with van der Waals surface area (Å²) in [5, 5.41) is 3.25. The molecule has 0 atom stereocenters. The topological polar surface area (TPSA) is 50.8 Å². The third-order valence-corrected chi connectivity index (χ3v) is 4.47. The van der Waals surface area contributed by atoms with Gasteiger partial charge in [-0.05, 0) is 42.2 Å². The first-order chi connectivity index (χ1) is 12.8. The number of rotatable bonds is 8. The van der Waals surface area contributed by atoms with Gasteiger partial charge >= 0.3 is 0 Å². The molecule has 0 fully saturated rings. The normalized spacial score (nSPS) is 13.3. The highest BCUT2D eigenvalue weighted by Gasteiger charge is 2.21. The Balaban J connectivity index is 1.51. The number of anilines is 1. The highest BCUT2D eigenvalue weighted by atomic mass is 16.5. The summed E-state index contributed by atoms with van der Waals surface area (Å²) < 4.78 is 10.6. The fourth-order valence-electron chi connectivity index (χ4n) is 3.19. The largest absolute Gasteiger partial charge is 0.491 e. The lowest BCUT2D eigenvalue weighted by atomic mass is 10.0. The Hall–Kier alpha value is -2.37. The summed E-state index contributed by atoms with van der Waals surface area (Å²) >= 11 is 0. The van der Waals surface area contributed by atoms with Crippen LogP contribution in [0.5, 0.6) is 5.75 Å². The molecule has 1 aliphatic heterocycles. The van der Waals surface area contributed by atoms with Gasteiger partial charge in [-0.25, -0.2) is 0 Å². The molecule has 1 heterocycles. The van der Waals surface area contributed by atoms with Gasteiger partial charge < -0.3 is 19.7 Å². The number of fused-ring (bicyclic) bond motifs is 1. The van der Waals surface area contributed by atoms with Crippen LogP contribution in [-0.4, -0.2) is 39.3 Å². The maximum atomic E-state index is 12.6. The Morgan fingerprint density at radius 1 is 1.15 bits per heavy atom. The lowest BCUT2D eigenvalue weighted by Gasteiger charge is -2.29. The van der Waals surface area contributed by atoms with Crippen LogP contribution in [0.15, 0.2) is 48.5 Å². The molecule has 1 aliphatic rings. The van der Waals surface area contributed by atoms with Crippen molar-refractivity contribution in [3.8, 4) is 5.75 Å². The molecule has 2 aromatic carbocycles. The first-order valence-corrected chi connectivity index (χ1v) is 9.07. The molecule has 1 amide bonds. The Bertz CT molecular complexity index is 733. The van der Waals surface area contributed by atoms with E-state index in [9.17, 15) is 4.79 Å². The van der Waals surface area contributed by atoms with Gasteiger partial charge in [-0.1, -0.05) is 30.3 Å². The average Bonchev–Trinajstić information content (AvgIpc) is 2.68. The van der Waals surface area contributed by atoms with Crippen molar-refractivity contribution in [3.05, 3.63) is 59.7 Å². The molecule has 0 saturated heterocycles. The standard InChI is InChI=1S/C21H26N2O3/c1-25-12-13-26-19-9-4-6-17(14-19)15-22-16-21(24)23-11-5-8-18-7-2-3-10-20(18)23/h2-4,6-7,9-10,14,22H,5,8,11-13,15-16H2,1H3. The van der Waals surface area contributed by atoms with E-state index in [0.717, 1.165) is 36.4 Å². The van der Waals surface area contributed by atoms with Crippen LogP contribution in [0.25, 0.3) is 0 Å². The Morgan fingerprint density at radius 3 is 2.92 bits per heavy atom. The van der Waals surface area contributed by atoms with Crippen LogP contribution in [-0.2, 0) is 22.5 Å². The van der Waals surface area contributed by atoms with Gasteiger partial charge in [0.2, 0.25) is 5.91 Å². The van der Waals surface area contributed by atoms with E-state index < -0.39 is 0 Å². The third-order valence-electron chi connectivity index (χ3n) is 4.47. The van der Waals surface area contributed by atoms with Crippen LogP contribution < -0.4 is 15.0 Å². The SMILES string of the molecule is COCCOc1cccc(CNCC(=O)N2CCCc3ccccc32)c1. The van der Waals surface area contributed by atoms with Crippen molar-refractivity contribution in [3.63, 3.8) is 0 Å². The molecule has 0 aliphatic carbocycles. The van der Waals surface area contributed by atoms with Gasteiger partial charge in [0.25, 0.3) is 0 Å². The smallest absolute Gasteiger partial charge is 0.240 e. The predicted molar refractivity (Wildman–Crippen MR) is 103 cm³/mol. The number of ether oxygens (including phenoxy) is 2. The number of para-hydroxylation sites is 1. The zero-order valence-corrected chi connectivity index (χ0v) is 15.2. The molecular weight excluding hydrogens is 328 g/mol. The van der Waals surface area contributed by atoms with Crippen LogP contribution in [0, 0.1) is 0 Å². The lowest BCUT2D eigenvalue weighted by molar-refractivity contribution is -0.117. The molecule has 0 unspecified atom stereocenters. The maximum absolute atomic E-state index is 12.6. The van der Waals surface area contributed by atoms with Gasteiger partial charge in [0.05, 0.1) is 13.2 Å². The molecule has 2 aromatic rings. The number of nitrogens with one attached hydrogen (secondary N) is 1. The molecule has 0 aromatic heterocycles. The first-order valence-electron chi connectivity index (χ1n) is 9.07. The van der Waals surface area contributed by atoms with E-state index in [1.807, 2.05) is 47.4 Å². The van der Waals surface area contributed by atoms with Gasteiger partial charge in [-0.15, -0.1) is 0 Å². The summed E-state index contributed by atoms with van der Waals surface area (Å²) in [7, 11) is 1.65. The molecule has 5 nitrogen and oxygen atoms in total. The summed E-state index contributed by atoms with van der Waals surface area (Å²) in [4.78, 5) is 14.5. The number of aryl methyl sites for hydroxylation is 1. The van der Waals surface area contributed by atoms with Crippen molar-refractivity contribution >= 4 is 11.6 Å². The molecule has 26 heavy (non-hydrogen) atoms. The molecule has 138 valence electrons. The van der Waals surface area contributed by atoms with E-state index in [4.69, 9.17) is 9.47 Å². The second-order valence-corrected chi connectivity index (χ2v) is 6.37. The van der Waals surface area contributed by atoms with Crippen LogP contribution in [0.2, 0.25) is 0 Å². The number of carbonyl (C=O) groups excluding carboxylic acids is 1. The minimum Gasteiger partial charge on any atom is -0.491 e. The van der Waals surface area contributed by atoms with E-state index in [1.54, 1.807) is 7.11 Å². The lowest BCUT2D eigenvalue weighted by Crippen LogP contribution is -2.41. The number of benzene rings is 2. The van der Waals surface area contributed by atoms with E-state index in [-0.39, 0.29) is 5.91 Å². The number of hydrogen-bond donors (Lipinski definition) is 1. The molecule has 0 spiro atoms. The van der Waals surface area contributed by atoms with Gasteiger partial charge in [0.1, 0.15) is 12.4 Å². The summed E-state index contributed by atoms with van der Waals surface area (Å²) in [6.07, 6.45) is 2.06. The molecule has 3 rings (SSSR count). The van der Waals surface area contributed by atoms with E-state index in [2.05, 4.69) is 11.4 Å². The second-order valence-electron chi connectivity index (χ2n) is 6.37. The van der Waals surface area contributed by atoms with Gasteiger partial charge in [0, 0.05) is 25.9 Å². The maximum Gasteiger partial charge on any atom is 0.240 e. The van der Waals surface area contributed by atoms with E-state index >= 15 is 0 Å². The predicted octanol–water partition coefficient (Wildman–Crippen LogP) is 2.78.